The molecule has 2 heterocycles. The lowest BCUT2D eigenvalue weighted by atomic mass is 10.1. The maximum atomic E-state index is 11.9. The van der Waals surface area contributed by atoms with Gasteiger partial charge in [-0.15, -0.1) is 0 Å². The minimum Gasteiger partial charge on any atom is -0.302 e. The maximum Gasteiger partial charge on any atom is 0.227 e. The monoisotopic (exact) mass is 265 g/mol. The Morgan fingerprint density at radius 1 is 1.40 bits per heavy atom. The van der Waals surface area contributed by atoms with Crippen LogP contribution >= 0.6 is 0 Å². The molecular formula is C15H11N3O2. The molecule has 1 amide bonds. The van der Waals surface area contributed by atoms with E-state index in [1.165, 1.54) is 4.90 Å². The standard InChI is InChI=1S/C15H11N3O2/c16-8-14-13-3-1-11(7-10(13)5-6-17-14)18-12(9-19)2-4-15(18)20/h1,3,5-7,9,12H,2,4H2/t12-/m1/s1. The Labute approximate surface area is 115 Å². The molecule has 5 heteroatoms. The first-order chi connectivity index (χ1) is 9.74. The van der Waals surface area contributed by atoms with Gasteiger partial charge < -0.3 is 9.69 Å². The molecule has 20 heavy (non-hydrogen) atoms. The molecule has 1 fully saturated rings. The molecule has 1 atom stereocenters. The van der Waals surface area contributed by atoms with Gasteiger partial charge in [-0.2, -0.15) is 5.26 Å². The molecule has 1 aliphatic rings. The number of nitrogens with zero attached hydrogens (tertiary/aromatic N) is 3. The number of anilines is 1. The van der Waals surface area contributed by atoms with Crippen molar-refractivity contribution in [3.63, 3.8) is 0 Å². The molecular weight excluding hydrogens is 254 g/mol. The van der Waals surface area contributed by atoms with Gasteiger partial charge in [0.25, 0.3) is 0 Å². The van der Waals surface area contributed by atoms with Crippen LogP contribution < -0.4 is 4.90 Å². The van der Waals surface area contributed by atoms with E-state index in [1.807, 2.05) is 12.1 Å². The highest BCUT2D eigenvalue weighted by Gasteiger charge is 2.31. The van der Waals surface area contributed by atoms with Gasteiger partial charge in [-0.05, 0) is 36.1 Å². The van der Waals surface area contributed by atoms with Crippen LogP contribution in [0.5, 0.6) is 0 Å². The van der Waals surface area contributed by atoms with Crippen LogP contribution in [0.15, 0.2) is 30.5 Å². The number of carbonyl (C=O) groups excluding carboxylic acids is 2. The summed E-state index contributed by atoms with van der Waals surface area (Å²) in [6.45, 7) is 0. The lowest BCUT2D eigenvalue weighted by molar-refractivity contribution is -0.118. The number of hydrogen-bond donors (Lipinski definition) is 0. The van der Waals surface area contributed by atoms with Crippen molar-refractivity contribution in [2.45, 2.75) is 18.9 Å². The number of aromatic nitrogens is 1. The zero-order chi connectivity index (χ0) is 14.1. The molecule has 1 aromatic heterocycles. The molecule has 3 rings (SSSR count). The van der Waals surface area contributed by atoms with E-state index in [0.717, 1.165) is 17.1 Å². The number of amides is 1. The minimum atomic E-state index is -0.391. The fourth-order valence-corrected chi connectivity index (χ4v) is 2.57. The van der Waals surface area contributed by atoms with Gasteiger partial charge in [0, 0.05) is 23.7 Å². The van der Waals surface area contributed by atoms with Crippen molar-refractivity contribution in [2.75, 3.05) is 4.90 Å². The molecule has 0 bridgehead atoms. The lowest BCUT2D eigenvalue weighted by Crippen LogP contribution is -2.33. The molecule has 0 unspecified atom stereocenters. The number of pyridine rings is 1. The average Bonchev–Trinajstić information content (AvgIpc) is 2.86. The molecule has 1 aliphatic heterocycles. The van der Waals surface area contributed by atoms with Crippen LogP contribution in [-0.4, -0.2) is 23.2 Å². The van der Waals surface area contributed by atoms with E-state index in [9.17, 15) is 9.59 Å². The summed E-state index contributed by atoms with van der Waals surface area (Å²) in [7, 11) is 0. The molecule has 2 aromatic rings. The van der Waals surface area contributed by atoms with Gasteiger partial charge in [0.15, 0.2) is 0 Å². The zero-order valence-corrected chi connectivity index (χ0v) is 10.6. The van der Waals surface area contributed by atoms with Gasteiger partial charge >= 0.3 is 0 Å². The number of aldehydes is 1. The summed E-state index contributed by atoms with van der Waals surface area (Å²) in [4.78, 5) is 28.5. The number of carbonyl (C=O) groups is 2. The third-order valence-electron chi connectivity index (χ3n) is 3.54. The Balaban J connectivity index is 2.12. The van der Waals surface area contributed by atoms with Crippen molar-refractivity contribution in [1.82, 2.24) is 4.98 Å². The molecule has 0 N–H and O–H groups in total. The molecule has 0 radical (unpaired) electrons. The predicted octanol–water partition coefficient (Wildman–Crippen LogP) is 1.80. The second-order valence-corrected chi connectivity index (χ2v) is 4.68. The van der Waals surface area contributed by atoms with Gasteiger partial charge in [-0.1, -0.05) is 0 Å². The van der Waals surface area contributed by atoms with Gasteiger partial charge in [-0.3, -0.25) is 4.79 Å². The minimum absolute atomic E-state index is 0.0454. The Morgan fingerprint density at radius 3 is 3.00 bits per heavy atom. The Kier molecular flexibility index (Phi) is 2.92. The molecule has 5 nitrogen and oxygen atoms in total. The summed E-state index contributed by atoms with van der Waals surface area (Å²) in [6, 6.07) is 8.78. The largest absolute Gasteiger partial charge is 0.302 e. The van der Waals surface area contributed by atoms with Crippen molar-refractivity contribution in [2.24, 2.45) is 0 Å². The van der Waals surface area contributed by atoms with Crippen LogP contribution in [0.4, 0.5) is 5.69 Å². The second kappa shape index (κ2) is 4.74. The topological polar surface area (TPSA) is 74.1 Å². The summed E-state index contributed by atoms with van der Waals surface area (Å²) in [5.41, 5.74) is 1.04. The molecule has 0 aliphatic carbocycles. The van der Waals surface area contributed by atoms with E-state index in [0.29, 0.717) is 24.2 Å². The molecule has 98 valence electrons. The Bertz CT molecular complexity index is 748. The summed E-state index contributed by atoms with van der Waals surface area (Å²) in [6.07, 6.45) is 3.32. The first-order valence-corrected chi connectivity index (χ1v) is 6.31. The van der Waals surface area contributed by atoms with Crippen molar-refractivity contribution >= 4 is 28.7 Å². The first kappa shape index (κ1) is 12.3. The van der Waals surface area contributed by atoms with Crippen LogP contribution in [0.25, 0.3) is 10.8 Å². The van der Waals surface area contributed by atoms with E-state index in [4.69, 9.17) is 5.26 Å². The molecule has 1 saturated heterocycles. The highest BCUT2D eigenvalue weighted by atomic mass is 16.2. The average molecular weight is 265 g/mol. The van der Waals surface area contributed by atoms with Gasteiger partial charge in [0.2, 0.25) is 5.91 Å². The van der Waals surface area contributed by atoms with E-state index in [-0.39, 0.29) is 5.91 Å². The maximum absolute atomic E-state index is 11.9. The predicted molar refractivity (Wildman–Crippen MR) is 73.0 cm³/mol. The number of benzene rings is 1. The molecule has 0 saturated carbocycles. The first-order valence-electron chi connectivity index (χ1n) is 6.31. The fourth-order valence-electron chi connectivity index (χ4n) is 2.57. The van der Waals surface area contributed by atoms with E-state index >= 15 is 0 Å². The number of nitriles is 1. The van der Waals surface area contributed by atoms with E-state index in [2.05, 4.69) is 4.98 Å². The number of rotatable bonds is 2. The third-order valence-corrected chi connectivity index (χ3v) is 3.54. The fraction of sp³-hybridized carbons (Fsp3) is 0.200. The van der Waals surface area contributed by atoms with Crippen molar-refractivity contribution in [3.8, 4) is 6.07 Å². The van der Waals surface area contributed by atoms with Gasteiger partial charge in [0.05, 0.1) is 6.04 Å². The van der Waals surface area contributed by atoms with Crippen LogP contribution in [0.1, 0.15) is 18.5 Å². The van der Waals surface area contributed by atoms with E-state index in [1.54, 1.807) is 24.4 Å². The summed E-state index contributed by atoms with van der Waals surface area (Å²) in [5, 5.41) is 10.6. The van der Waals surface area contributed by atoms with Crippen molar-refractivity contribution in [3.05, 3.63) is 36.2 Å². The quantitative estimate of drug-likeness (QED) is 0.776. The highest BCUT2D eigenvalue weighted by Crippen LogP contribution is 2.29. The van der Waals surface area contributed by atoms with Crippen LogP contribution in [0.3, 0.4) is 0 Å². The Hall–Kier alpha value is -2.74. The van der Waals surface area contributed by atoms with E-state index < -0.39 is 6.04 Å². The summed E-state index contributed by atoms with van der Waals surface area (Å²) < 4.78 is 0. The highest BCUT2D eigenvalue weighted by molar-refractivity contribution is 6.02. The normalized spacial score (nSPS) is 18.2. The molecule has 0 spiro atoms. The Morgan fingerprint density at radius 2 is 2.25 bits per heavy atom. The zero-order valence-electron chi connectivity index (χ0n) is 10.6. The van der Waals surface area contributed by atoms with Crippen molar-refractivity contribution in [1.29, 1.82) is 5.26 Å². The van der Waals surface area contributed by atoms with Gasteiger partial charge in [0.1, 0.15) is 18.0 Å². The number of fused-ring (bicyclic) bond motifs is 1. The lowest BCUT2D eigenvalue weighted by Gasteiger charge is -2.21. The van der Waals surface area contributed by atoms with Crippen molar-refractivity contribution < 1.29 is 9.59 Å². The summed E-state index contributed by atoms with van der Waals surface area (Å²) >= 11 is 0. The smallest absolute Gasteiger partial charge is 0.227 e. The third kappa shape index (κ3) is 1.82. The second-order valence-electron chi connectivity index (χ2n) is 4.68. The molecule has 1 aromatic carbocycles. The summed E-state index contributed by atoms with van der Waals surface area (Å²) in [5.74, 6) is -0.0454. The van der Waals surface area contributed by atoms with Crippen LogP contribution in [-0.2, 0) is 9.59 Å². The van der Waals surface area contributed by atoms with Crippen LogP contribution in [0, 0.1) is 11.3 Å². The van der Waals surface area contributed by atoms with Gasteiger partial charge in [-0.25, -0.2) is 4.98 Å². The number of hydrogen-bond acceptors (Lipinski definition) is 4. The van der Waals surface area contributed by atoms with Crippen LogP contribution in [0.2, 0.25) is 0 Å². The SMILES string of the molecule is N#Cc1nccc2cc(N3C(=O)CC[C@@H]3C=O)ccc12.